The Balaban J connectivity index is 1.54. The van der Waals surface area contributed by atoms with Crippen molar-refractivity contribution >= 4 is 11.8 Å². The zero-order valence-corrected chi connectivity index (χ0v) is 14.4. The number of halogens is 1. The lowest BCUT2D eigenvalue weighted by atomic mass is 9.87. The molecule has 25 heavy (non-hydrogen) atoms. The highest BCUT2D eigenvalue weighted by molar-refractivity contribution is 5.83. The minimum Gasteiger partial charge on any atom is -0.347 e. The fraction of sp³-hybridized carbons (Fsp3) is 0.556. The van der Waals surface area contributed by atoms with Crippen LogP contribution in [-0.2, 0) is 9.59 Å². The van der Waals surface area contributed by atoms with Crippen molar-refractivity contribution in [3.8, 4) is 0 Å². The van der Waals surface area contributed by atoms with Gasteiger partial charge in [0.25, 0.3) is 0 Å². The van der Waals surface area contributed by atoms with Crippen LogP contribution in [-0.4, -0.2) is 42.4 Å². The summed E-state index contributed by atoms with van der Waals surface area (Å²) in [6.45, 7) is 2.93. The second-order valence-corrected chi connectivity index (χ2v) is 6.89. The predicted octanol–water partition coefficient (Wildman–Crippen LogP) is 1.11. The van der Waals surface area contributed by atoms with E-state index in [1.165, 1.54) is 19.1 Å². The van der Waals surface area contributed by atoms with Gasteiger partial charge in [-0.05, 0) is 42.9 Å². The summed E-state index contributed by atoms with van der Waals surface area (Å²) in [5.74, 6) is -0.0773. The van der Waals surface area contributed by atoms with Gasteiger partial charge >= 0.3 is 0 Å². The Morgan fingerprint density at radius 3 is 2.76 bits per heavy atom. The second-order valence-electron chi connectivity index (χ2n) is 6.89. The number of rotatable bonds is 4. The van der Waals surface area contributed by atoms with Gasteiger partial charge in [-0.25, -0.2) is 4.39 Å². The lowest BCUT2D eigenvalue weighted by molar-refractivity contribution is -0.134. The summed E-state index contributed by atoms with van der Waals surface area (Å²) in [5.41, 5.74) is 7.70. The van der Waals surface area contributed by atoms with Crippen molar-refractivity contribution in [2.24, 2.45) is 5.92 Å². The molecule has 1 aromatic rings. The molecule has 7 heteroatoms. The van der Waals surface area contributed by atoms with Gasteiger partial charge < -0.3 is 10.2 Å². The Morgan fingerprint density at radius 1 is 1.28 bits per heavy atom. The minimum absolute atomic E-state index is 0.0269. The molecule has 2 aliphatic rings. The maximum Gasteiger partial charge on any atom is 0.241 e. The van der Waals surface area contributed by atoms with Crippen molar-refractivity contribution in [3.05, 3.63) is 35.6 Å². The zero-order chi connectivity index (χ0) is 17.8. The molecule has 3 N–H and O–H groups in total. The van der Waals surface area contributed by atoms with Gasteiger partial charge in [-0.3, -0.25) is 20.4 Å². The van der Waals surface area contributed by atoms with E-state index in [-0.39, 0.29) is 36.3 Å². The molecule has 2 amide bonds. The third-order valence-corrected chi connectivity index (χ3v) is 5.07. The fourth-order valence-corrected chi connectivity index (χ4v) is 3.68. The molecule has 0 saturated carbocycles. The summed E-state index contributed by atoms with van der Waals surface area (Å²) in [5, 5.41) is 2.57. The van der Waals surface area contributed by atoms with E-state index < -0.39 is 0 Å². The van der Waals surface area contributed by atoms with Crippen molar-refractivity contribution in [3.63, 3.8) is 0 Å². The van der Waals surface area contributed by atoms with E-state index in [1.807, 2.05) is 4.90 Å². The number of hydrazine groups is 1. The van der Waals surface area contributed by atoms with E-state index in [0.717, 1.165) is 31.4 Å². The summed E-state index contributed by atoms with van der Waals surface area (Å²) in [7, 11) is 0. The van der Waals surface area contributed by atoms with Crippen LogP contribution in [0.1, 0.15) is 37.8 Å². The third kappa shape index (κ3) is 4.55. The number of nitrogens with one attached hydrogen (secondary N) is 3. The van der Waals surface area contributed by atoms with Crippen molar-refractivity contribution in [1.82, 2.24) is 21.1 Å². The summed E-state index contributed by atoms with van der Waals surface area (Å²) >= 11 is 0. The first-order valence-electron chi connectivity index (χ1n) is 8.81. The average Bonchev–Trinajstić information content (AvgIpc) is 3.10. The molecule has 0 bridgehead atoms. The number of hydrogen-bond donors (Lipinski definition) is 3. The SMILES string of the molecule is CC(=O)NCC(=O)N1CCCC(C2CC(c3ccc(F)cc3)NN2)C1. The normalized spacial score (nSPS) is 26.5. The van der Waals surface area contributed by atoms with Crippen LogP contribution in [0.5, 0.6) is 0 Å². The Kier molecular flexibility index (Phi) is 5.65. The first kappa shape index (κ1) is 17.8. The molecule has 0 spiro atoms. The molecule has 136 valence electrons. The highest BCUT2D eigenvalue weighted by Crippen LogP contribution is 2.30. The first-order valence-corrected chi connectivity index (χ1v) is 8.81. The monoisotopic (exact) mass is 348 g/mol. The molecule has 2 fully saturated rings. The Morgan fingerprint density at radius 2 is 2.04 bits per heavy atom. The van der Waals surface area contributed by atoms with Gasteiger partial charge in [0.05, 0.1) is 6.54 Å². The maximum absolute atomic E-state index is 13.1. The number of carbonyl (C=O) groups excluding carboxylic acids is 2. The number of carbonyl (C=O) groups is 2. The van der Waals surface area contributed by atoms with Crippen LogP contribution in [0.3, 0.4) is 0 Å². The predicted molar refractivity (Wildman–Crippen MR) is 91.8 cm³/mol. The number of benzene rings is 1. The molecule has 3 rings (SSSR count). The van der Waals surface area contributed by atoms with Crippen LogP contribution in [0.25, 0.3) is 0 Å². The number of nitrogens with zero attached hydrogens (tertiary/aromatic N) is 1. The van der Waals surface area contributed by atoms with E-state index in [9.17, 15) is 14.0 Å². The molecular weight excluding hydrogens is 323 g/mol. The average molecular weight is 348 g/mol. The van der Waals surface area contributed by atoms with Crippen molar-refractivity contribution in [2.75, 3.05) is 19.6 Å². The largest absolute Gasteiger partial charge is 0.347 e. The lowest BCUT2D eigenvalue weighted by Crippen LogP contribution is -2.49. The van der Waals surface area contributed by atoms with Gasteiger partial charge in [-0.15, -0.1) is 0 Å². The molecule has 1 aromatic carbocycles. The standard InChI is InChI=1S/C18H25FN4O2/c1-12(24)20-10-18(25)23-8-2-3-14(11-23)17-9-16(21-22-17)13-4-6-15(19)7-5-13/h4-7,14,16-17,21-22H,2-3,8-11H2,1H3,(H,20,24). The molecule has 2 saturated heterocycles. The highest BCUT2D eigenvalue weighted by Gasteiger charge is 2.34. The molecule has 6 nitrogen and oxygen atoms in total. The fourth-order valence-electron chi connectivity index (χ4n) is 3.68. The molecule has 3 unspecified atom stereocenters. The summed E-state index contributed by atoms with van der Waals surface area (Å²) in [6, 6.07) is 6.99. The van der Waals surface area contributed by atoms with Crippen LogP contribution in [0.4, 0.5) is 4.39 Å². The zero-order valence-electron chi connectivity index (χ0n) is 14.4. The molecular formula is C18H25FN4O2. The minimum atomic E-state index is -0.230. The second kappa shape index (κ2) is 7.93. The topological polar surface area (TPSA) is 73.5 Å². The molecule has 0 aromatic heterocycles. The van der Waals surface area contributed by atoms with Gasteiger partial charge in [0, 0.05) is 32.1 Å². The van der Waals surface area contributed by atoms with Gasteiger partial charge in [0.1, 0.15) is 5.82 Å². The Hall–Kier alpha value is -1.99. The van der Waals surface area contributed by atoms with E-state index >= 15 is 0 Å². The lowest BCUT2D eigenvalue weighted by Gasteiger charge is -2.35. The van der Waals surface area contributed by atoms with E-state index in [0.29, 0.717) is 12.5 Å². The van der Waals surface area contributed by atoms with Gasteiger partial charge in [0.15, 0.2) is 0 Å². The van der Waals surface area contributed by atoms with Crippen LogP contribution < -0.4 is 16.2 Å². The van der Waals surface area contributed by atoms with E-state index in [4.69, 9.17) is 0 Å². The number of piperidine rings is 1. The van der Waals surface area contributed by atoms with Crippen molar-refractivity contribution in [1.29, 1.82) is 0 Å². The smallest absolute Gasteiger partial charge is 0.241 e. The maximum atomic E-state index is 13.1. The van der Waals surface area contributed by atoms with E-state index in [2.05, 4.69) is 16.2 Å². The highest BCUT2D eigenvalue weighted by atomic mass is 19.1. The molecule has 3 atom stereocenters. The molecule has 2 aliphatic heterocycles. The van der Waals surface area contributed by atoms with E-state index in [1.54, 1.807) is 12.1 Å². The van der Waals surface area contributed by atoms with Crippen LogP contribution in [0.15, 0.2) is 24.3 Å². The number of hydrogen-bond acceptors (Lipinski definition) is 4. The van der Waals surface area contributed by atoms with Crippen LogP contribution in [0.2, 0.25) is 0 Å². The first-order chi connectivity index (χ1) is 12.0. The van der Waals surface area contributed by atoms with Crippen LogP contribution >= 0.6 is 0 Å². The summed E-state index contributed by atoms with van der Waals surface area (Å²) in [6.07, 6.45) is 2.94. The quantitative estimate of drug-likeness (QED) is 0.762. The number of likely N-dealkylation sites (tertiary alicyclic amines) is 1. The number of amides is 2. The van der Waals surface area contributed by atoms with Gasteiger partial charge in [0.2, 0.25) is 11.8 Å². The van der Waals surface area contributed by atoms with Gasteiger partial charge in [-0.2, -0.15) is 0 Å². The third-order valence-electron chi connectivity index (χ3n) is 5.07. The molecule has 0 radical (unpaired) electrons. The Labute approximate surface area is 147 Å². The molecule has 2 heterocycles. The van der Waals surface area contributed by atoms with Gasteiger partial charge in [-0.1, -0.05) is 12.1 Å². The van der Waals surface area contributed by atoms with Crippen molar-refractivity contribution in [2.45, 2.75) is 38.3 Å². The Bertz CT molecular complexity index is 622. The summed E-state index contributed by atoms with van der Waals surface area (Å²) < 4.78 is 13.1. The summed E-state index contributed by atoms with van der Waals surface area (Å²) in [4.78, 5) is 25.0. The molecule has 0 aliphatic carbocycles. The van der Waals surface area contributed by atoms with Crippen molar-refractivity contribution < 1.29 is 14.0 Å². The van der Waals surface area contributed by atoms with Crippen LogP contribution in [0, 0.1) is 11.7 Å².